The lowest BCUT2D eigenvalue weighted by atomic mass is 9.97. The molecule has 3 saturated heterocycles. The van der Waals surface area contributed by atoms with Crippen LogP contribution in [0.5, 0.6) is 0 Å². The Morgan fingerprint density at radius 3 is 1.97 bits per heavy atom. The van der Waals surface area contributed by atoms with E-state index in [4.69, 9.17) is 30.7 Å². The van der Waals surface area contributed by atoms with Crippen molar-refractivity contribution in [3.8, 4) is 0 Å². The first-order chi connectivity index (χ1) is 18.2. The summed E-state index contributed by atoms with van der Waals surface area (Å²) in [6, 6.07) is 18.6. The van der Waals surface area contributed by atoms with Crippen LogP contribution in [-0.4, -0.2) is 70.9 Å². The Kier molecular flexibility index (Phi) is 8.10. The summed E-state index contributed by atoms with van der Waals surface area (Å²) in [5, 5.41) is 1.96. The van der Waals surface area contributed by atoms with E-state index < -0.39 is 34.2 Å². The second-order valence-corrected chi connectivity index (χ2v) is 26.9. The van der Waals surface area contributed by atoms with E-state index >= 15 is 0 Å². The lowest BCUT2D eigenvalue weighted by molar-refractivity contribution is -0.0703. The lowest BCUT2D eigenvalue weighted by Gasteiger charge is -2.38. The van der Waals surface area contributed by atoms with Crippen molar-refractivity contribution in [2.75, 3.05) is 0 Å². The fraction of sp³-hybridized carbons (Fsp3) is 0.571. The number of aryl methyl sites for hydroxylation is 1. The van der Waals surface area contributed by atoms with Crippen LogP contribution in [0.25, 0.3) is 0 Å². The molecule has 5 rings (SSSR count). The Labute approximate surface area is 238 Å². The van der Waals surface area contributed by atoms with Crippen molar-refractivity contribution in [3.05, 3.63) is 60.2 Å². The van der Waals surface area contributed by atoms with Gasteiger partial charge in [-0.3, -0.25) is 0 Å². The van der Waals surface area contributed by atoms with Gasteiger partial charge < -0.3 is 30.7 Å². The smallest absolute Gasteiger partial charge is 0.413 e. The van der Waals surface area contributed by atoms with Crippen molar-refractivity contribution in [3.63, 3.8) is 0 Å². The highest BCUT2D eigenvalue weighted by Crippen LogP contribution is 2.44. The van der Waals surface area contributed by atoms with Crippen LogP contribution in [0.15, 0.2) is 54.6 Å². The molecule has 0 aromatic heterocycles. The fourth-order valence-corrected chi connectivity index (χ4v) is 16.4. The summed E-state index contributed by atoms with van der Waals surface area (Å²) in [5.74, 6) is 0. The molecule has 2 aromatic carbocycles. The van der Waals surface area contributed by atoms with Crippen LogP contribution in [-0.2, 0) is 37.1 Å². The average Bonchev–Trinajstić information content (AvgIpc) is 3.53. The zero-order valence-corrected chi connectivity index (χ0v) is 28.7. The summed E-state index contributed by atoms with van der Waals surface area (Å²) in [6.45, 7) is 19.5. The molecule has 3 aliphatic rings. The summed E-state index contributed by atoms with van der Waals surface area (Å²) >= 11 is 0. The molecule has 7 nitrogen and oxygen atoms in total. The largest absolute Gasteiger partial charge is 0.538 e. The van der Waals surface area contributed by atoms with E-state index in [1.165, 1.54) is 5.56 Å². The molecule has 8 unspecified atom stereocenters. The fourth-order valence-electron chi connectivity index (χ4n) is 5.70. The predicted octanol–water partition coefficient (Wildman–Crippen LogP) is 4.32. The van der Waals surface area contributed by atoms with Gasteiger partial charge in [0.25, 0.3) is 0 Å². The van der Waals surface area contributed by atoms with E-state index in [9.17, 15) is 0 Å². The molecule has 0 radical (unpaired) electrons. The van der Waals surface area contributed by atoms with Crippen molar-refractivity contribution < 1.29 is 30.7 Å². The summed E-state index contributed by atoms with van der Waals surface area (Å²) in [5.41, 5.74) is 1.27. The van der Waals surface area contributed by atoms with Crippen LogP contribution in [0, 0.1) is 0 Å². The van der Waals surface area contributed by atoms with Gasteiger partial charge in [-0.2, -0.15) is 0 Å². The molecule has 2 bridgehead atoms. The van der Waals surface area contributed by atoms with Crippen LogP contribution in [0.4, 0.5) is 0 Å². The lowest BCUT2D eigenvalue weighted by Crippen LogP contribution is -2.61. The van der Waals surface area contributed by atoms with E-state index in [1.807, 2.05) is 30.3 Å². The van der Waals surface area contributed by atoms with E-state index in [1.54, 1.807) is 0 Å². The van der Waals surface area contributed by atoms with E-state index in [0.717, 1.165) is 16.8 Å². The van der Waals surface area contributed by atoms with Gasteiger partial charge in [-0.05, 0) is 65.1 Å². The molecule has 0 amide bonds. The molecule has 8 atom stereocenters. The van der Waals surface area contributed by atoms with Crippen LogP contribution in [0.2, 0.25) is 39.3 Å². The first kappa shape index (κ1) is 29.5. The Morgan fingerprint density at radius 2 is 1.38 bits per heavy atom. The highest BCUT2D eigenvalue weighted by Gasteiger charge is 2.70. The molecule has 0 N–H and O–H groups in total. The third-order valence-corrected chi connectivity index (χ3v) is 16.9. The van der Waals surface area contributed by atoms with Crippen molar-refractivity contribution in [1.29, 1.82) is 0 Å². The molecule has 39 heavy (non-hydrogen) atoms. The minimum atomic E-state index is -3.22. The van der Waals surface area contributed by atoms with Crippen LogP contribution >= 0.6 is 0 Å². The maximum atomic E-state index is 7.00. The average molecular weight is 605 g/mol. The van der Waals surface area contributed by atoms with Gasteiger partial charge in [0, 0.05) is 10.4 Å². The van der Waals surface area contributed by atoms with Crippen molar-refractivity contribution in [2.45, 2.75) is 103 Å². The second-order valence-electron chi connectivity index (χ2n) is 12.8. The molecule has 3 aliphatic heterocycles. The SMILES string of the molecule is CCc1ccc([Si]2(O[Si](C)(C)C)OC(C)C(C3O[Si]4(c5ccccc5)OC(C(C)O[Si](C)(C)C)C3O4)O2)cc1. The van der Waals surface area contributed by atoms with E-state index in [-0.39, 0.29) is 36.6 Å². The third-order valence-electron chi connectivity index (χ3n) is 7.23. The Morgan fingerprint density at radius 1 is 0.744 bits per heavy atom. The molecule has 11 heteroatoms. The zero-order chi connectivity index (χ0) is 28.2. The molecule has 3 fully saturated rings. The normalized spacial score (nSPS) is 35.5. The van der Waals surface area contributed by atoms with Crippen LogP contribution < -0.4 is 10.4 Å². The quantitative estimate of drug-likeness (QED) is 0.395. The number of hydrogen-bond donors (Lipinski definition) is 0. The van der Waals surface area contributed by atoms with Gasteiger partial charge >= 0.3 is 17.6 Å². The molecular weight excluding hydrogens is 561 g/mol. The summed E-state index contributed by atoms with van der Waals surface area (Å²) in [4.78, 5) is 0. The van der Waals surface area contributed by atoms with Crippen LogP contribution in [0.1, 0.15) is 26.3 Å². The highest BCUT2D eigenvalue weighted by atomic mass is 28.5. The molecule has 2 aromatic rings. The number of rotatable bonds is 9. The summed E-state index contributed by atoms with van der Waals surface area (Å²) in [7, 11) is -10.2. The van der Waals surface area contributed by atoms with Gasteiger partial charge in [0.2, 0.25) is 0 Å². The molecule has 0 aliphatic carbocycles. The van der Waals surface area contributed by atoms with Gasteiger partial charge in [0.05, 0.1) is 12.2 Å². The molecular formula is C28H44O7Si4. The first-order valence-corrected chi connectivity index (χ1v) is 24.4. The zero-order valence-electron chi connectivity index (χ0n) is 24.7. The minimum Gasteiger partial charge on any atom is -0.413 e. The maximum absolute atomic E-state index is 7.00. The Hall–Kier alpha value is -0.972. The van der Waals surface area contributed by atoms with Crippen molar-refractivity contribution in [2.24, 2.45) is 0 Å². The number of hydrogen-bond acceptors (Lipinski definition) is 7. The molecule has 214 valence electrons. The van der Waals surface area contributed by atoms with Gasteiger partial charge in [-0.1, -0.05) is 61.5 Å². The molecule has 3 heterocycles. The highest BCUT2D eigenvalue weighted by molar-refractivity contribution is 6.86. The standard InChI is InChI=1S/C28H44O7Si4/c1-10-22-16-18-24(19-17-22)39(35-37(7,8)9)30-21(3)26(32-39)28-27-25(20(2)29-36(4,5)6)31-38(33-27,34-28)23-14-12-11-13-15-23/h11-21,25-28H,10H2,1-9H3. The maximum Gasteiger partial charge on any atom is 0.538 e. The van der Waals surface area contributed by atoms with Crippen molar-refractivity contribution in [1.82, 2.24) is 0 Å². The summed E-state index contributed by atoms with van der Waals surface area (Å²) in [6.07, 6.45) is -0.673. The number of fused-ring (bicyclic) bond motifs is 2. The minimum absolute atomic E-state index is 0.134. The Bertz CT molecular complexity index is 1140. The van der Waals surface area contributed by atoms with E-state index in [0.29, 0.717) is 0 Å². The predicted molar refractivity (Wildman–Crippen MR) is 161 cm³/mol. The second kappa shape index (κ2) is 10.7. The van der Waals surface area contributed by atoms with Crippen LogP contribution in [0.3, 0.4) is 0 Å². The topological polar surface area (TPSA) is 64.6 Å². The number of benzene rings is 2. The monoisotopic (exact) mass is 604 g/mol. The summed E-state index contributed by atoms with van der Waals surface area (Å²) < 4.78 is 47.4. The van der Waals surface area contributed by atoms with Gasteiger partial charge in [-0.25, -0.2) is 0 Å². The molecule has 0 spiro atoms. The van der Waals surface area contributed by atoms with Gasteiger partial charge in [-0.15, -0.1) is 0 Å². The van der Waals surface area contributed by atoms with Gasteiger partial charge in [0.1, 0.15) is 24.4 Å². The van der Waals surface area contributed by atoms with Crippen molar-refractivity contribution >= 4 is 44.6 Å². The molecule has 0 saturated carbocycles. The van der Waals surface area contributed by atoms with Gasteiger partial charge in [0.15, 0.2) is 16.6 Å². The van der Waals surface area contributed by atoms with E-state index in [2.05, 4.69) is 84.3 Å². The first-order valence-electron chi connectivity index (χ1n) is 14.2. The third kappa shape index (κ3) is 6.00. The Balaban J connectivity index is 1.49.